The average molecular weight is 333 g/mol. The number of fused-ring (bicyclic) bond motifs is 2. The first kappa shape index (κ1) is 16.6. The fourth-order valence-corrected chi connectivity index (χ4v) is 2.01. The number of alkyl halides is 6. The van der Waals surface area contributed by atoms with E-state index in [0.29, 0.717) is 0 Å². The minimum absolute atomic E-state index is 0.106. The Labute approximate surface area is 118 Å². The fraction of sp³-hybridized carbons (Fsp3) is 0.636. The van der Waals surface area contributed by atoms with Gasteiger partial charge in [-0.25, -0.2) is 4.79 Å². The highest BCUT2D eigenvalue weighted by Crippen LogP contribution is 2.46. The Morgan fingerprint density at radius 3 is 2.09 bits per heavy atom. The molecule has 2 rings (SSSR count). The zero-order valence-corrected chi connectivity index (χ0v) is 10.4. The molecule has 0 N–H and O–H groups in total. The van der Waals surface area contributed by atoms with E-state index in [4.69, 9.17) is 4.74 Å². The van der Waals surface area contributed by atoms with Crippen molar-refractivity contribution in [2.24, 2.45) is 0 Å². The quantitative estimate of drug-likeness (QED) is 0.410. The average Bonchev–Trinajstić information content (AvgIpc) is 3.00. The van der Waals surface area contributed by atoms with Crippen LogP contribution in [-0.2, 0) is 19.1 Å². The molecule has 2 aliphatic heterocycles. The van der Waals surface area contributed by atoms with Crippen molar-refractivity contribution in [3.05, 3.63) is 12.2 Å². The third kappa shape index (κ3) is 2.23. The third-order valence-corrected chi connectivity index (χ3v) is 3.24. The third-order valence-electron chi connectivity index (χ3n) is 3.24. The number of hydrogen-bond acceptors (Lipinski definition) is 5. The van der Waals surface area contributed by atoms with Gasteiger partial charge in [0.05, 0.1) is 6.10 Å². The Bertz CT molecular complexity index is 531. The summed E-state index contributed by atoms with van der Waals surface area (Å²) in [5, 5.41) is 9.93. The fourth-order valence-electron chi connectivity index (χ4n) is 2.01. The van der Waals surface area contributed by atoms with Crippen LogP contribution in [0.15, 0.2) is 12.2 Å². The zero-order chi connectivity index (χ0) is 16.9. The number of halogens is 6. The van der Waals surface area contributed by atoms with Crippen molar-refractivity contribution in [1.82, 2.24) is 0 Å². The van der Waals surface area contributed by atoms with E-state index in [0.717, 1.165) is 0 Å². The van der Waals surface area contributed by atoms with E-state index in [1.165, 1.54) is 12.2 Å². The van der Waals surface area contributed by atoms with Crippen molar-refractivity contribution in [3.8, 4) is 0 Å². The van der Waals surface area contributed by atoms with Crippen LogP contribution in [-0.4, -0.2) is 48.0 Å². The van der Waals surface area contributed by atoms with Crippen LogP contribution in [0.4, 0.5) is 26.3 Å². The predicted molar refractivity (Wildman–Crippen MR) is 52.1 cm³/mol. The maximum atomic E-state index is 13.3. The van der Waals surface area contributed by atoms with Gasteiger partial charge in [-0.2, -0.15) is 26.3 Å². The first-order chi connectivity index (χ1) is 9.91. The van der Waals surface area contributed by atoms with E-state index in [1.54, 1.807) is 0 Å². The van der Waals surface area contributed by atoms with Gasteiger partial charge >= 0.3 is 23.7 Å². The number of carboxylic acids is 1. The minimum atomic E-state index is -6.52. The molecule has 5 nitrogen and oxygen atoms in total. The Kier molecular flexibility index (Phi) is 3.67. The van der Waals surface area contributed by atoms with Gasteiger partial charge in [0.15, 0.2) is 0 Å². The second-order valence-electron chi connectivity index (χ2n) is 4.71. The second kappa shape index (κ2) is 4.86. The summed E-state index contributed by atoms with van der Waals surface area (Å²) in [6, 6.07) is 0. The first-order valence-corrected chi connectivity index (χ1v) is 5.81. The summed E-state index contributed by atoms with van der Waals surface area (Å²) in [5.41, 5.74) is 0. The minimum Gasteiger partial charge on any atom is -0.544 e. The Hall–Kier alpha value is -1.78. The van der Waals surface area contributed by atoms with Gasteiger partial charge in [0, 0.05) is 6.42 Å². The van der Waals surface area contributed by atoms with Crippen molar-refractivity contribution in [3.63, 3.8) is 0 Å². The molecule has 0 spiro atoms. The van der Waals surface area contributed by atoms with Crippen LogP contribution < -0.4 is 5.11 Å². The van der Waals surface area contributed by atoms with Crippen LogP contribution in [0.1, 0.15) is 6.42 Å². The molecule has 11 heteroatoms. The van der Waals surface area contributed by atoms with Gasteiger partial charge < -0.3 is 19.4 Å². The smallest absolute Gasteiger partial charge is 0.411 e. The van der Waals surface area contributed by atoms with Crippen LogP contribution in [0.2, 0.25) is 0 Å². The van der Waals surface area contributed by atoms with Crippen LogP contribution >= 0.6 is 0 Å². The number of carbonyl (C=O) groups excluding carboxylic acids is 2. The summed E-state index contributed by atoms with van der Waals surface area (Å²) < 4.78 is 87.2. The molecule has 0 aromatic rings. The van der Waals surface area contributed by atoms with Gasteiger partial charge in [-0.05, 0) is 0 Å². The second-order valence-corrected chi connectivity index (χ2v) is 4.71. The van der Waals surface area contributed by atoms with Gasteiger partial charge in [0.1, 0.15) is 18.2 Å². The number of ether oxygens (including phenoxy) is 2. The molecule has 0 aromatic carbocycles. The molecule has 3 unspecified atom stereocenters. The molecule has 3 atom stereocenters. The zero-order valence-electron chi connectivity index (χ0n) is 10.4. The van der Waals surface area contributed by atoms with Gasteiger partial charge in [-0.15, -0.1) is 0 Å². The molecule has 0 saturated carbocycles. The van der Waals surface area contributed by atoms with E-state index >= 15 is 0 Å². The molecular formula is C11H7F6O5-. The summed E-state index contributed by atoms with van der Waals surface area (Å²) in [7, 11) is 0. The maximum Gasteiger partial charge on any atom is 0.411 e. The van der Waals surface area contributed by atoms with Crippen LogP contribution in [0.5, 0.6) is 0 Å². The lowest BCUT2D eigenvalue weighted by atomic mass is 10.0. The van der Waals surface area contributed by atoms with Crippen LogP contribution in [0.3, 0.4) is 0 Å². The lowest BCUT2D eigenvalue weighted by molar-refractivity contribution is -0.366. The largest absolute Gasteiger partial charge is 0.544 e. The summed E-state index contributed by atoms with van der Waals surface area (Å²) in [5.74, 6) is -25.6. The summed E-state index contributed by atoms with van der Waals surface area (Å²) in [6.45, 7) is 0. The molecule has 2 aliphatic rings. The lowest BCUT2D eigenvalue weighted by Gasteiger charge is -2.32. The van der Waals surface area contributed by atoms with Gasteiger partial charge in [-0.3, -0.25) is 0 Å². The van der Waals surface area contributed by atoms with Crippen LogP contribution in [0, 0.1) is 0 Å². The van der Waals surface area contributed by atoms with E-state index in [9.17, 15) is 41.0 Å². The SMILES string of the molecule is O=C([O-])C(F)(F)C(F)(F)C(F)(F)C(=O)OC1CC2C=CC1O2. The Morgan fingerprint density at radius 2 is 1.68 bits per heavy atom. The monoisotopic (exact) mass is 333 g/mol. The van der Waals surface area contributed by atoms with E-state index < -0.39 is 48.0 Å². The predicted octanol–water partition coefficient (Wildman–Crippen LogP) is 0.281. The number of carboxylic acid groups (broad SMARTS) is 1. The highest BCUT2D eigenvalue weighted by molar-refractivity contribution is 5.83. The number of aliphatic carboxylic acids is 1. The molecule has 1 fully saturated rings. The van der Waals surface area contributed by atoms with E-state index in [1.807, 2.05) is 0 Å². The number of carbonyl (C=O) groups is 2. The highest BCUT2D eigenvalue weighted by Gasteiger charge is 2.76. The Morgan fingerprint density at radius 1 is 1.09 bits per heavy atom. The van der Waals surface area contributed by atoms with E-state index in [-0.39, 0.29) is 6.42 Å². The molecule has 0 amide bonds. The van der Waals surface area contributed by atoms with Crippen LogP contribution in [0.25, 0.3) is 0 Å². The van der Waals surface area contributed by atoms with Crippen molar-refractivity contribution in [2.45, 2.75) is 42.5 Å². The van der Waals surface area contributed by atoms with Crippen molar-refractivity contribution >= 4 is 11.9 Å². The van der Waals surface area contributed by atoms with E-state index in [2.05, 4.69) is 4.74 Å². The van der Waals surface area contributed by atoms with Crippen molar-refractivity contribution in [1.29, 1.82) is 0 Å². The van der Waals surface area contributed by atoms with Crippen molar-refractivity contribution < 1.29 is 50.5 Å². The molecule has 0 aliphatic carbocycles. The molecule has 1 saturated heterocycles. The normalized spacial score (nSPS) is 28.0. The molecule has 0 radical (unpaired) electrons. The number of esters is 1. The van der Waals surface area contributed by atoms with Crippen molar-refractivity contribution in [2.75, 3.05) is 0 Å². The molecule has 2 heterocycles. The molecular weight excluding hydrogens is 326 g/mol. The topological polar surface area (TPSA) is 75.7 Å². The summed E-state index contributed by atoms with van der Waals surface area (Å²) in [4.78, 5) is 21.1. The molecule has 124 valence electrons. The standard InChI is InChI=1S/C11H8F6O5/c12-9(13,7(18)19)11(16,17)10(14,15)8(20)22-6-3-4-1-2-5(6)21-4/h1-2,4-6H,3H2,(H,18,19)/p-1. The molecule has 0 aromatic heterocycles. The van der Waals surface area contributed by atoms with Gasteiger partial charge in [0.25, 0.3) is 0 Å². The maximum absolute atomic E-state index is 13.3. The first-order valence-electron chi connectivity index (χ1n) is 5.81. The molecule has 2 bridgehead atoms. The lowest BCUT2D eigenvalue weighted by Crippen LogP contribution is -2.64. The van der Waals surface area contributed by atoms with Gasteiger partial charge in [0.2, 0.25) is 0 Å². The summed E-state index contributed by atoms with van der Waals surface area (Å²) >= 11 is 0. The van der Waals surface area contributed by atoms with Gasteiger partial charge in [-0.1, -0.05) is 12.2 Å². The number of rotatable bonds is 5. The number of hydrogen-bond donors (Lipinski definition) is 0. The highest BCUT2D eigenvalue weighted by atomic mass is 19.3. The summed E-state index contributed by atoms with van der Waals surface area (Å²) in [6.07, 6.45) is -0.0994. The Balaban J connectivity index is 2.16. The molecule has 22 heavy (non-hydrogen) atoms.